The Morgan fingerprint density at radius 2 is 0.964 bits per heavy atom. The van der Waals surface area contributed by atoms with Gasteiger partial charge in [-0.3, -0.25) is 4.79 Å². The molecule has 3 rings (SSSR count). The van der Waals surface area contributed by atoms with E-state index in [0.29, 0.717) is 0 Å². The fourth-order valence-corrected chi connectivity index (χ4v) is 6.15. The van der Waals surface area contributed by atoms with Crippen molar-refractivity contribution in [1.29, 1.82) is 0 Å². The quantitative estimate of drug-likeness (QED) is 0.554. The summed E-state index contributed by atoms with van der Waals surface area (Å²) in [6.45, 7) is -0.835. The van der Waals surface area contributed by atoms with E-state index in [9.17, 15) is 21.6 Å². The molecule has 3 aromatic rings. The van der Waals surface area contributed by atoms with E-state index in [-0.39, 0.29) is 19.1 Å². The number of sulfonamides is 2. The summed E-state index contributed by atoms with van der Waals surface area (Å²) in [5.41, 5.74) is 0.221. The molecule has 0 saturated heterocycles. The third-order valence-electron chi connectivity index (χ3n) is 3.99. The summed E-state index contributed by atoms with van der Waals surface area (Å²) in [5, 5.41) is 0. The lowest BCUT2D eigenvalue weighted by Gasteiger charge is -2.21. The topological polar surface area (TPSA) is 88.6 Å². The van der Waals surface area contributed by atoms with E-state index in [1.807, 2.05) is 0 Å². The van der Waals surface area contributed by atoms with Crippen molar-refractivity contribution in [3.8, 4) is 0 Å². The zero-order chi connectivity index (χ0) is 20.2. The maximum Gasteiger partial charge on any atom is 0.256 e. The van der Waals surface area contributed by atoms with Crippen LogP contribution in [0.5, 0.6) is 0 Å². The van der Waals surface area contributed by atoms with Gasteiger partial charge in [-0.25, -0.2) is 16.8 Å². The second-order valence-electron chi connectivity index (χ2n) is 5.86. The highest BCUT2D eigenvalue weighted by Gasteiger charge is 2.38. The van der Waals surface area contributed by atoms with Gasteiger partial charge in [0.05, 0.1) is 16.3 Å². The summed E-state index contributed by atoms with van der Waals surface area (Å²) in [7, 11) is -8.97. The van der Waals surface area contributed by atoms with Crippen LogP contribution in [0.1, 0.15) is 10.4 Å². The SMILES string of the molecule is O=C(CN(S(=O)(=O)c1ccccc1)S(=O)(=O)c1ccccc1)c1ccccc1. The number of carbonyl (C=O) groups is 1. The van der Waals surface area contributed by atoms with Gasteiger partial charge in [-0.15, -0.1) is 0 Å². The fourth-order valence-electron chi connectivity index (χ4n) is 2.55. The molecule has 28 heavy (non-hydrogen) atoms. The van der Waals surface area contributed by atoms with E-state index in [2.05, 4.69) is 0 Å². The van der Waals surface area contributed by atoms with Crippen LogP contribution in [0.25, 0.3) is 0 Å². The van der Waals surface area contributed by atoms with Gasteiger partial charge >= 0.3 is 0 Å². The third-order valence-corrected chi connectivity index (χ3v) is 8.23. The Bertz CT molecular complexity index is 1090. The first-order valence-electron chi connectivity index (χ1n) is 8.30. The van der Waals surface area contributed by atoms with Crippen LogP contribution in [0.2, 0.25) is 0 Å². The molecule has 0 aliphatic rings. The van der Waals surface area contributed by atoms with Crippen LogP contribution in [0.15, 0.2) is 101 Å². The molecular weight excluding hydrogens is 398 g/mol. The number of nitrogens with zero attached hydrogens (tertiary/aromatic N) is 1. The molecule has 8 heteroatoms. The molecular formula is C20H17NO5S2. The van der Waals surface area contributed by atoms with E-state index in [1.54, 1.807) is 30.3 Å². The Hall–Kier alpha value is -2.81. The van der Waals surface area contributed by atoms with E-state index in [4.69, 9.17) is 0 Å². The molecule has 0 amide bonds. The average molecular weight is 415 g/mol. The summed E-state index contributed by atoms with van der Waals surface area (Å²) in [5.74, 6) is -0.625. The molecule has 0 fully saturated rings. The second kappa shape index (κ2) is 8.05. The summed E-state index contributed by atoms with van der Waals surface area (Å²) in [6.07, 6.45) is 0. The van der Waals surface area contributed by atoms with Crippen molar-refractivity contribution in [2.24, 2.45) is 0 Å². The Kier molecular flexibility index (Phi) is 5.73. The molecule has 6 nitrogen and oxygen atoms in total. The van der Waals surface area contributed by atoms with E-state index < -0.39 is 32.4 Å². The first-order valence-corrected chi connectivity index (χ1v) is 11.2. The molecule has 0 spiro atoms. The number of ketones is 1. The Labute approximate surface area is 164 Å². The molecule has 144 valence electrons. The first-order chi connectivity index (χ1) is 13.3. The molecule has 0 unspecified atom stereocenters. The zero-order valence-electron chi connectivity index (χ0n) is 14.7. The summed E-state index contributed by atoms with van der Waals surface area (Å²) in [4.78, 5) is 12.2. The second-order valence-corrected chi connectivity index (χ2v) is 9.81. The van der Waals surface area contributed by atoms with Gasteiger partial charge in [0.15, 0.2) is 5.78 Å². The first kappa shape index (κ1) is 19.9. The third kappa shape index (κ3) is 4.04. The predicted molar refractivity (Wildman–Crippen MR) is 105 cm³/mol. The summed E-state index contributed by atoms with van der Waals surface area (Å²) in [6, 6.07) is 22.3. The molecule has 0 heterocycles. The van der Waals surface area contributed by atoms with Crippen molar-refractivity contribution >= 4 is 25.8 Å². The van der Waals surface area contributed by atoms with Gasteiger partial charge in [0, 0.05) is 5.56 Å². The van der Waals surface area contributed by atoms with Crippen LogP contribution in [-0.2, 0) is 20.0 Å². The van der Waals surface area contributed by atoms with E-state index in [0.717, 1.165) is 0 Å². The van der Waals surface area contributed by atoms with E-state index >= 15 is 0 Å². The number of hydrogen-bond acceptors (Lipinski definition) is 5. The fraction of sp³-hybridized carbons (Fsp3) is 0.0500. The molecule has 0 aliphatic heterocycles. The number of carbonyl (C=O) groups excluding carboxylic acids is 1. The molecule has 0 aromatic heterocycles. The van der Waals surface area contributed by atoms with Gasteiger partial charge in [-0.05, 0) is 24.3 Å². The van der Waals surface area contributed by atoms with Gasteiger partial charge in [-0.1, -0.05) is 70.4 Å². The van der Waals surface area contributed by atoms with Crippen molar-refractivity contribution in [3.05, 3.63) is 96.6 Å². The standard InChI is InChI=1S/C20H17NO5S2/c22-20(17-10-4-1-5-11-17)16-21(27(23,24)18-12-6-2-7-13-18)28(25,26)19-14-8-3-9-15-19/h1-15H,16H2. The monoisotopic (exact) mass is 415 g/mol. The smallest absolute Gasteiger partial charge is 0.256 e. The Morgan fingerprint density at radius 1 is 0.607 bits per heavy atom. The zero-order valence-corrected chi connectivity index (χ0v) is 16.3. The van der Waals surface area contributed by atoms with Crippen LogP contribution in [-0.4, -0.2) is 32.9 Å². The van der Waals surface area contributed by atoms with Gasteiger partial charge in [0.1, 0.15) is 0 Å². The van der Waals surface area contributed by atoms with Crippen LogP contribution < -0.4 is 0 Å². The lowest BCUT2D eigenvalue weighted by atomic mass is 10.1. The summed E-state index contributed by atoms with van der Waals surface area (Å²) >= 11 is 0. The number of Topliss-reactive ketones (excluding diaryl/α,β-unsaturated/α-hetero) is 1. The molecule has 0 saturated carbocycles. The molecule has 0 atom stereocenters. The highest BCUT2D eigenvalue weighted by atomic mass is 32.3. The van der Waals surface area contributed by atoms with Crippen LogP contribution in [0, 0.1) is 0 Å². The number of hydrogen-bond donors (Lipinski definition) is 0. The number of rotatable bonds is 7. The van der Waals surface area contributed by atoms with Crippen molar-refractivity contribution < 1.29 is 21.6 Å². The minimum absolute atomic E-state index is 0.213. The van der Waals surface area contributed by atoms with Crippen molar-refractivity contribution in [3.63, 3.8) is 0 Å². The minimum Gasteiger partial charge on any atom is -0.293 e. The maximum absolute atomic E-state index is 13.1. The molecule has 0 aliphatic carbocycles. The highest BCUT2D eigenvalue weighted by Crippen LogP contribution is 2.24. The lowest BCUT2D eigenvalue weighted by molar-refractivity contribution is 0.0982. The van der Waals surface area contributed by atoms with Gasteiger partial charge in [-0.2, -0.15) is 0 Å². The summed E-state index contributed by atoms with van der Waals surface area (Å²) < 4.78 is 52.7. The van der Waals surface area contributed by atoms with Crippen LogP contribution in [0.3, 0.4) is 0 Å². The van der Waals surface area contributed by atoms with Crippen molar-refractivity contribution in [1.82, 2.24) is 3.71 Å². The van der Waals surface area contributed by atoms with Crippen molar-refractivity contribution in [2.75, 3.05) is 6.54 Å². The van der Waals surface area contributed by atoms with Gasteiger partial charge < -0.3 is 0 Å². The predicted octanol–water partition coefficient (Wildman–Crippen LogP) is 2.95. The minimum atomic E-state index is -4.49. The molecule has 0 radical (unpaired) electrons. The average Bonchev–Trinajstić information content (AvgIpc) is 2.73. The normalized spacial score (nSPS) is 12.0. The lowest BCUT2D eigenvalue weighted by Crippen LogP contribution is -2.40. The highest BCUT2D eigenvalue weighted by molar-refractivity contribution is 8.04. The van der Waals surface area contributed by atoms with Gasteiger partial charge in [0.2, 0.25) is 0 Å². The number of benzene rings is 3. The van der Waals surface area contributed by atoms with Crippen LogP contribution >= 0.6 is 0 Å². The maximum atomic E-state index is 13.1. The Morgan fingerprint density at radius 3 is 1.36 bits per heavy atom. The van der Waals surface area contributed by atoms with Crippen molar-refractivity contribution in [2.45, 2.75) is 9.79 Å². The molecule has 0 bridgehead atoms. The van der Waals surface area contributed by atoms with Crippen LogP contribution in [0.4, 0.5) is 0 Å². The Balaban J connectivity index is 2.11. The largest absolute Gasteiger partial charge is 0.293 e. The molecule has 0 N–H and O–H groups in total. The molecule has 3 aromatic carbocycles. The van der Waals surface area contributed by atoms with E-state index in [1.165, 1.54) is 60.7 Å². The van der Waals surface area contributed by atoms with Gasteiger partial charge in [0.25, 0.3) is 20.0 Å².